The quantitative estimate of drug-likeness (QED) is 0.549. The number of anilines is 2. The third-order valence-electron chi connectivity index (χ3n) is 7.21. The molecule has 1 aliphatic heterocycles. The number of nitrogens with one attached hydrogen (secondary N) is 2. The maximum atomic E-state index is 4.88. The van der Waals surface area contributed by atoms with Gasteiger partial charge in [0.2, 0.25) is 0 Å². The summed E-state index contributed by atoms with van der Waals surface area (Å²) in [5, 5.41) is 6.90. The Kier molecular flexibility index (Phi) is 5.99. The van der Waals surface area contributed by atoms with Crippen molar-refractivity contribution >= 4 is 22.7 Å². The Morgan fingerprint density at radius 2 is 1.94 bits per heavy atom. The van der Waals surface area contributed by atoms with Crippen molar-refractivity contribution in [1.82, 2.24) is 4.98 Å². The van der Waals surface area contributed by atoms with Crippen LogP contribution in [-0.4, -0.2) is 24.3 Å². The monoisotopic (exact) mass is 414 g/mol. The van der Waals surface area contributed by atoms with Gasteiger partial charge in [0, 0.05) is 29.9 Å². The third kappa shape index (κ3) is 3.69. The lowest BCUT2D eigenvalue weighted by molar-refractivity contribution is 0.346. The van der Waals surface area contributed by atoms with Crippen LogP contribution in [0.15, 0.2) is 59.9 Å². The number of aliphatic imine (C=N–C) groups is 1. The van der Waals surface area contributed by atoms with E-state index in [1.54, 1.807) is 6.20 Å². The molecule has 2 aromatic rings. The van der Waals surface area contributed by atoms with Crippen molar-refractivity contribution in [1.29, 1.82) is 0 Å². The molecular formula is C27H34N4. The number of allylic oxidation sites excluding steroid dienone is 1. The Balaban J connectivity index is 2.01. The summed E-state index contributed by atoms with van der Waals surface area (Å²) in [4.78, 5) is 9.57. The van der Waals surface area contributed by atoms with Gasteiger partial charge in [0.05, 0.1) is 23.6 Å². The Labute approximate surface area is 186 Å². The zero-order valence-electron chi connectivity index (χ0n) is 19.3. The first kappa shape index (κ1) is 21.4. The molecule has 4 heteroatoms. The summed E-state index contributed by atoms with van der Waals surface area (Å²) in [6, 6.07) is 10.9. The molecule has 4 nitrogen and oxygen atoms in total. The summed E-state index contributed by atoms with van der Waals surface area (Å²) < 4.78 is 0. The first-order valence-corrected chi connectivity index (χ1v) is 11.4. The van der Waals surface area contributed by atoms with Crippen molar-refractivity contribution in [3.63, 3.8) is 0 Å². The van der Waals surface area contributed by atoms with Crippen LogP contribution in [0.25, 0.3) is 5.57 Å². The number of pyridine rings is 1. The van der Waals surface area contributed by atoms with Gasteiger partial charge >= 0.3 is 0 Å². The molecule has 1 unspecified atom stereocenters. The normalized spacial score (nSPS) is 18.6. The highest BCUT2D eigenvalue weighted by Gasteiger charge is 2.42. The maximum absolute atomic E-state index is 4.88. The minimum atomic E-state index is -0.206. The number of rotatable bonds is 7. The molecule has 162 valence electrons. The van der Waals surface area contributed by atoms with Gasteiger partial charge in [-0.1, -0.05) is 25.5 Å². The Hall–Kier alpha value is -2.88. The van der Waals surface area contributed by atoms with Gasteiger partial charge in [-0.15, -0.1) is 0 Å². The summed E-state index contributed by atoms with van der Waals surface area (Å²) in [6.07, 6.45) is 8.72. The van der Waals surface area contributed by atoms with Crippen molar-refractivity contribution < 1.29 is 0 Å². The van der Waals surface area contributed by atoms with E-state index in [-0.39, 0.29) is 5.41 Å². The van der Waals surface area contributed by atoms with Gasteiger partial charge in [-0.3, -0.25) is 9.98 Å². The van der Waals surface area contributed by atoms with Gasteiger partial charge < -0.3 is 10.6 Å². The third-order valence-corrected chi connectivity index (χ3v) is 7.21. The second kappa shape index (κ2) is 8.70. The van der Waals surface area contributed by atoms with E-state index in [4.69, 9.17) is 9.98 Å². The van der Waals surface area contributed by atoms with Gasteiger partial charge in [0.15, 0.2) is 0 Å². The molecule has 2 aliphatic rings. The Morgan fingerprint density at radius 1 is 1.16 bits per heavy atom. The van der Waals surface area contributed by atoms with Crippen molar-refractivity contribution in [2.75, 3.05) is 24.2 Å². The van der Waals surface area contributed by atoms with E-state index in [0.29, 0.717) is 5.92 Å². The molecule has 31 heavy (non-hydrogen) atoms. The van der Waals surface area contributed by atoms with Crippen molar-refractivity contribution in [2.45, 2.75) is 51.9 Å². The summed E-state index contributed by atoms with van der Waals surface area (Å²) in [7, 11) is 1.99. The molecule has 1 saturated carbocycles. The first-order valence-electron chi connectivity index (χ1n) is 11.4. The molecule has 0 bridgehead atoms. The average Bonchev–Trinajstić information content (AvgIpc) is 3.44. The van der Waals surface area contributed by atoms with Gasteiger partial charge in [-0.25, -0.2) is 0 Å². The van der Waals surface area contributed by atoms with E-state index < -0.39 is 0 Å². The van der Waals surface area contributed by atoms with Gasteiger partial charge in [0.1, 0.15) is 0 Å². The molecule has 0 radical (unpaired) electrons. The fourth-order valence-corrected chi connectivity index (χ4v) is 5.55. The molecule has 4 rings (SSSR count). The fourth-order valence-electron chi connectivity index (χ4n) is 5.55. The summed E-state index contributed by atoms with van der Waals surface area (Å²) in [5.74, 6) is 0.543. The number of benzene rings is 1. The largest absolute Gasteiger partial charge is 0.386 e. The number of hydrogen-bond acceptors (Lipinski definition) is 4. The predicted octanol–water partition coefficient (Wildman–Crippen LogP) is 6.42. The van der Waals surface area contributed by atoms with Crippen LogP contribution in [0.4, 0.5) is 11.4 Å². The maximum Gasteiger partial charge on any atom is 0.0657 e. The number of aromatic nitrogens is 1. The fraction of sp³-hybridized carbons (Fsp3) is 0.407. The Bertz CT molecular complexity index is 1030. The van der Waals surface area contributed by atoms with E-state index >= 15 is 0 Å². The van der Waals surface area contributed by atoms with Gasteiger partial charge in [-0.2, -0.15) is 0 Å². The second-order valence-corrected chi connectivity index (χ2v) is 9.00. The average molecular weight is 415 g/mol. The topological polar surface area (TPSA) is 49.3 Å². The lowest BCUT2D eigenvalue weighted by Gasteiger charge is -2.38. The smallest absolute Gasteiger partial charge is 0.0657 e. The number of hydrogen-bond donors (Lipinski definition) is 2. The molecule has 0 saturated heterocycles. The van der Waals surface area contributed by atoms with E-state index in [1.165, 1.54) is 48.0 Å². The first-order chi connectivity index (χ1) is 15.0. The second-order valence-electron chi connectivity index (χ2n) is 9.00. The predicted molar refractivity (Wildman–Crippen MR) is 133 cm³/mol. The van der Waals surface area contributed by atoms with Crippen LogP contribution in [0.1, 0.15) is 63.3 Å². The lowest BCUT2D eigenvalue weighted by Crippen LogP contribution is -2.34. The lowest BCUT2D eigenvalue weighted by atomic mass is 9.67. The summed E-state index contributed by atoms with van der Waals surface area (Å²) in [6.45, 7) is 11.5. The SMILES string of the molecule is C=CNc1c(NC)cc(C2=C(C)CN=C2C)cc1C(C)(c1ccccn1)C1CCCC1. The highest BCUT2D eigenvalue weighted by atomic mass is 14.9. The molecular weight excluding hydrogens is 380 g/mol. The highest BCUT2D eigenvalue weighted by Crippen LogP contribution is 2.50. The van der Waals surface area contributed by atoms with Crippen molar-refractivity contribution in [3.05, 3.63) is 71.7 Å². The zero-order chi connectivity index (χ0) is 22.0. The summed E-state index contributed by atoms with van der Waals surface area (Å²) in [5.41, 5.74) is 9.33. The molecule has 2 heterocycles. The van der Waals surface area contributed by atoms with E-state index in [0.717, 1.165) is 29.3 Å². The summed E-state index contributed by atoms with van der Waals surface area (Å²) >= 11 is 0. The molecule has 1 fully saturated rings. The molecule has 0 spiro atoms. The van der Waals surface area contributed by atoms with Crippen LogP contribution < -0.4 is 10.6 Å². The van der Waals surface area contributed by atoms with Crippen LogP contribution in [-0.2, 0) is 5.41 Å². The van der Waals surface area contributed by atoms with Crippen LogP contribution in [0.5, 0.6) is 0 Å². The Morgan fingerprint density at radius 3 is 2.52 bits per heavy atom. The molecule has 2 N–H and O–H groups in total. The van der Waals surface area contributed by atoms with Crippen LogP contribution >= 0.6 is 0 Å². The van der Waals surface area contributed by atoms with E-state index in [2.05, 4.69) is 62.2 Å². The molecule has 1 aromatic carbocycles. The van der Waals surface area contributed by atoms with E-state index in [9.17, 15) is 0 Å². The van der Waals surface area contributed by atoms with Gasteiger partial charge in [0.25, 0.3) is 0 Å². The minimum Gasteiger partial charge on any atom is -0.386 e. The molecule has 0 amide bonds. The standard InChI is InChI=1S/C27H34N4/c1-6-29-26-22(15-20(16-23(26)28-5)25-18(2)17-31-19(25)3)27(4,21-11-7-8-12-21)24-13-9-10-14-30-24/h6,9-10,13-16,21,28-29H,1,7-8,11-12,17H2,2-5H3. The van der Waals surface area contributed by atoms with Crippen LogP contribution in [0.3, 0.4) is 0 Å². The molecule has 1 aromatic heterocycles. The van der Waals surface area contributed by atoms with Crippen LogP contribution in [0, 0.1) is 5.92 Å². The van der Waals surface area contributed by atoms with E-state index in [1.807, 2.05) is 19.3 Å². The molecule has 1 atom stereocenters. The minimum absolute atomic E-state index is 0.206. The van der Waals surface area contributed by atoms with Crippen molar-refractivity contribution in [3.8, 4) is 0 Å². The van der Waals surface area contributed by atoms with Gasteiger partial charge in [-0.05, 0) is 86.7 Å². The highest BCUT2D eigenvalue weighted by molar-refractivity contribution is 6.25. The van der Waals surface area contributed by atoms with Crippen molar-refractivity contribution in [2.24, 2.45) is 10.9 Å². The van der Waals surface area contributed by atoms with Crippen LogP contribution in [0.2, 0.25) is 0 Å². The molecule has 1 aliphatic carbocycles. The number of nitrogens with zero attached hydrogens (tertiary/aromatic N) is 2. The zero-order valence-corrected chi connectivity index (χ0v) is 19.3.